The Morgan fingerprint density at radius 1 is 1.19 bits per heavy atom. The van der Waals surface area contributed by atoms with Crippen LogP contribution in [0.25, 0.3) is 10.9 Å². The van der Waals surface area contributed by atoms with E-state index in [1.54, 1.807) is 7.11 Å². The van der Waals surface area contributed by atoms with Gasteiger partial charge < -0.3 is 19.4 Å². The van der Waals surface area contributed by atoms with Crippen LogP contribution in [-0.4, -0.2) is 37.5 Å². The minimum absolute atomic E-state index is 0.285. The van der Waals surface area contributed by atoms with Crippen LogP contribution in [0.5, 0.6) is 0 Å². The summed E-state index contributed by atoms with van der Waals surface area (Å²) >= 11 is 0. The molecule has 0 saturated heterocycles. The summed E-state index contributed by atoms with van der Waals surface area (Å²) in [7, 11) is 1.72. The van der Waals surface area contributed by atoms with E-state index in [1.165, 1.54) is 16.5 Å². The molecule has 0 unspecified atom stereocenters. The number of benzene rings is 1. The Morgan fingerprint density at radius 2 is 2.05 bits per heavy atom. The van der Waals surface area contributed by atoms with Gasteiger partial charge in [-0.1, -0.05) is 12.1 Å². The summed E-state index contributed by atoms with van der Waals surface area (Å²) in [6, 6.07) is 8.66. The molecule has 21 heavy (non-hydrogen) atoms. The molecule has 116 valence electrons. The highest BCUT2D eigenvalue weighted by atomic mass is 16.5. The van der Waals surface area contributed by atoms with E-state index >= 15 is 0 Å². The molecule has 4 heteroatoms. The highest BCUT2D eigenvalue weighted by Crippen LogP contribution is 2.20. The van der Waals surface area contributed by atoms with Crippen LogP contribution in [0.4, 0.5) is 0 Å². The molecular weight excluding hydrogens is 264 g/mol. The van der Waals surface area contributed by atoms with Crippen molar-refractivity contribution in [2.45, 2.75) is 33.0 Å². The summed E-state index contributed by atoms with van der Waals surface area (Å²) in [6.07, 6.45) is 2.43. The van der Waals surface area contributed by atoms with Crippen LogP contribution in [0.2, 0.25) is 0 Å². The van der Waals surface area contributed by atoms with Crippen LogP contribution in [0.3, 0.4) is 0 Å². The molecule has 0 radical (unpaired) electrons. The Hall–Kier alpha value is -1.36. The lowest BCUT2D eigenvalue weighted by atomic mass is 10.1. The maximum absolute atomic E-state index is 5.64. The SMILES string of the molecule is COCCNCc1cccc2c1ccn2CCOC(C)C. The van der Waals surface area contributed by atoms with Crippen molar-refractivity contribution in [1.29, 1.82) is 0 Å². The van der Waals surface area contributed by atoms with E-state index in [4.69, 9.17) is 9.47 Å². The maximum Gasteiger partial charge on any atom is 0.0649 e. The molecule has 2 rings (SSSR count). The quantitative estimate of drug-likeness (QED) is 0.721. The maximum atomic E-state index is 5.64. The molecule has 1 N–H and O–H groups in total. The van der Waals surface area contributed by atoms with Gasteiger partial charge in [-0.3, -0.25) is 0 Å². The van der Waals surface area contributed by atoms with Crippen molar-refractivity contribution in [1.82, 2.24) is 9.88 Å². The van der Waals surface area contributed by atoms with Gasteiger partial charge >= 0.3 is 0 Å². The molecule has 0 saturated carbocycles. The Kier molecular flexibility index (Phi) is 6.23. The van der Waals surface area contributed by atoms with Gasteiger partial charge in [-0.05, 0) is 31.5 Å². The second-order valence-electron chi connectivity index (χ2n) is 5.45. The van der Waals surface area contributed by atoms with Crippen LogP contribution in [0, 0.1) is 0 Å². The molecule has 1 aromatic carbocycles. The monoisotopic (exact) mass is 290 g/mol. The molecule has 2 aromatic rings. The topological polar surface area (TPSA) is 35.4 Å². The molecule has 0 aliphatic carbocycles. The number of nitrogens with one attached hydrogen (secondary N) is 1. The van der Waals surface area contributed by atoms with Crippen molar-refractivity contribution in [3.8, 4) is 0 Å². The minimum Gasteiger partial charge on any atom is -0.383 e. The number of ether oxygens (including phenoxy) is 2. The largest absolute Gasteiger partial charge is 0.383 e. The lowest BCUT2D eigenvalue weighted by Gasteiger charge is -2.10. The van der Waals surface area contributed by atoms with Crippen LogP contribution in [-0.2, 0) is 22.6 Å². The Bertz CT molecular complexity index is 549. The smallest absolute Gasteiger partial charge is 0.0649 e. The Morgan fingerprint density at radius 3 is 2.81 bits per heavy atom. The van der Waals surface area contributed by atoms with Gasteiger partial charge in [0.25, 0.3) is 0 Å². The van der Waals surface area contributed by atoms with Gasteiger partial charge in [0.15, 0.2) is 0 Å². The Balaban J connectivity index is 2.02. The van der Waals surface area contributed by atoms with Crippen LogP contribution in [0.15, 0.2) is 30.5 Å². The molecule has 0 spiro atoms. The predicted octanol–water partition coefficient (Wildman–Crippen LogP) is 2.80. The van der Waals surface area contributed by atoms with Crippen molar-refractivity contribution >= 4 is 10.9 Å². The highest BCUT2D eigenvalue weighted by molar-refractivity contribution is 5.83. The van der Waals surface area contributed by atoms with Crippen molar-refractivity contribution in [2.75, 3.05) is 26.9 Å². The summed E-state index contributed by atoms with van der Waals surface area (Å²) in [4.78, 5) is 0. The summed E-state index contributed by atoms with van der Waals surface area (Å²) < 4.78 is 13.0. The van der Waals surface area contributed by atoms with Crippen LogP contribution >= 0.6 is 0 Å². The lowest BCUT2D eigenvalue weighted by molar-refractivity contribution is 0.0733. The molecule has 0 amide bonds. The molecule has 1 aromatic heterocycles. The summed E-state index contributed by atoms with van der Waals surface area (Å²) in [6.45, 7) is 8.25. The fourth-order valence-corrected chi connectivity index (χ4v) is 2.42. The summed E-state index contributed by atoms with van der Waals surface area (Å²) in [5, 5.41) is 4.72. The van der Waals surface area contributed by atoms with E-state index in [1.807, 2.05) is 0 Å². The van der Waals surface area contributed by atoms with E-state index in [0.717, 1.165) is 32.8 Å². The molecule has 0 bridgehead atoms. The van der Waals surface area contributed by atoms with Crippen molar-refractivity contribution < 1.29 is 9.47 Å². The molecular formula is C17H26N2O2. The highest BCUT2D eigenvalue weighted by Gasteiger charge is 2.05. The van der Waals surface area contributed by atoms with Crippen molar-refractivity contribution in [2.24, 2.45) is 0 Å². The normalized spacial score (nSPS) is 11.6. The molecule has 4 nitrogen and oxygen atoms in total. The fourth-order valence-electron chi connectivity index (χ4n) is 2.42. The van der Waals surface area contributed by atoms with Gasteiger partial charge in [0.2, 0.25) is 0 Å². The number of fused-ring (bicyclic) bond motifs is 1. The van der Waals surface area contributed by atoms with E-state index in [9.17, 15) is 0 Å². The second-order valence-corrected chi connectivity index (χ2v) is 5.45. The number of rotatable bonds is 9. The van der Waals surface area contributed by atoms with Crippen LogP contribution in [0.1, 0.15) is 19.4 Å². The second kappa shape index (κ2) is 8.17. The average molecular weight is 290 g/mol. The first-order valence-electron chi connectivity index (χ1n) is 7.60. The average Bonchev–Trinajstić information content (AvgIpc) is 2.87. The first-order chi connectivity index (χ1) is 10.2. The predicted molar refractivity (Wildman–Crippen MR) is 86.6 cm³/mol. The first kappa shape index (κ1) is 16.0. The molecule has 0 fully saturated rings. The molecule has 1 heterocycles. The third-order valence-electron chi connectivity index (χ3n) is 3.49. The van der Waals surface area contributed by atoms with E-state index in [0.29, 0.717) is 0 Å². The van der Waals surface area contributed by atoms with Gasteiger partial charge in [-0.25, -0.2) is 0 Å². The molecule has 0 aliphatic heterocycles. The number of hydrogen-bond acceptors (Lipinski definition) is 3. The Labute approximate surface area is 127 Å². The van der Waals surface area contributed by atoms with E-state index < -0.39 is 0 Å². The van der Waals surface area contributed by atoms with Gasteiger partial charge in [0.05, 0.1) is 19.3 Å². The number of nitrogens with zero attached hydrogens (tertiary/aromatic N) is 1. The van der Waals surface area contributed by atoms with Gasteiger partial charge in [0, 0.05) is 43.8 Å². The molecule has 0 aliphatic rings. The van der Waals surface area contributed by atoms with E-state index in [-0.39, 0.29) is 6.10 Å². The number of hydrogen-bond donors (Lipinski definition) is 1. The fraction of sp³-hybridized carbons (Fsp3) is 0.529. The summed E-state index contributed by atoms with van der Waals surface area (Å²) in [5.74, 6) is 0. The van der Waals surface area contributed by atoms with Gasteiger partial charge in [-0.15, -0.1) is 0 Å². The van der Waals surface area contributed by atoms with E-state index in [2.05, 4.69) is 54.2 Å². The molecule has 0 atom stereocenters. The van der Waals surface area contributed by atoms with Crippen molar-refractivity contribution in [3.63, 3.8) is 0 Å². The number of methoxy groups -OCH3 is 1. The third-order valence-corrected chi connectivity index (χ3v) is 3.49. The van der Waals surface area contributed by atoms with Gasteiger partial charge in [0.1, 0.15) is 0 Å². The van der Waals surface area contributed by atoms with Gasteiger partial charge in [-0.2, -0.15) is 0 Å². The summed E-state index contributed by atoms with van der Waals surface area (Å²) in [5.41, 5.74) is 2.60. The van der Waals surface area contributed by atoms with Crippen LogP contribution < -0.4 is 5.32 Å². The third kappa shape index (κ3) is 4.56. The zero-order valence-corrected chi connectivity index (χ0v) is 13.3. The van der Waals surface area contributed by atoms with Crippen molar-refractivity contribution in [3.05, 3.63) is 36.0 Å². The zero-order valence-electron chi connectivity index (χ0n) is 13.3. The first-order valence-corrected chi connectivity index (χ1v) is 7.60. The zero-order chi connectivity index (χ0) is 15.1. The minimum atomic E-state index is 0.285. The lowest BCUT2D eigenvalue weighted by Crippen LogP contribution is -2.18. The standard InChI is InChI=1S/C17H26N2O2/c1-14(2)21-12-10-19-9-7-16-15(5-4-6-17(16)19)13-18-8-11-20-3/h4-7,9,14,18H,8,10-13H2,1-3H3. The number of aromatic nitrogens is 1.